The highest BCUT2D eigenvalue weighted by Gasteiger charge is 2.28. The van der Waals surface area contributed by atoms with Crippen LogP contribution in [0, 0.1) is 0 Å². The molecule has 1 aliphatic rings. The summed E-state index contributed by atoms with van der Waals surface area (Å²) in [5.74, 6) is 0.840. The van der Waals surface area contributed by atoms with Crippen LogP contribution >= 0.6 is 11.3 Å². The zero-order valence-corrected chi connectivity index (χ0v) is 14.0. The van der Waals surface area contributed by atoms with Crippen LogP contribution < -0.4 is 5.32 Å². The Balaban J connectivity index is 1.90. The average Bonchev–Trinajstić information content (AvgIpc) is 2.88. The fraction of sp³-hybridized carbons (Fsp3) is 0.353. The second-order valence-corrected chi connectivity index (χ2v) is 7.34. The average molecular weight is 326 g/mol. The van der Waals surface area contributed by atoms with Crippen LogP contribution in [-0.4, -0.2) is 27.1 Å². The minimum Gasteiger partial charge on any atom is -0.370 e. The van der Waals surface area contributed by atoms with Crippen LogP contribution in [0.15, 0.2) is 25.0 Å². The predicted molar refractivity (Wildman–Crippen MR) is 94.0 cm³/mol. The molecule has 4 rings (SSSR count). The van der Waals surface area contributed by atoms with Gasteiger partial charge in [-0.1, -0.05) is 6.08 Å². The normalized spacial score (nSPS) is 16.4. The first-order valence-electron chi connectivity index (χ1n) is 7.62. The van der Waals surface area contributed by atoms with Crippen molar-refractivity contribution in [2.75, 3.05) is 11.9 Å². The van der Waals surface area contributed by atoms with Crippen molar-refractivity contribution in [1.82, 2.24) is 15.0 Å². The summed E-state index contributed by atoms with van der Waals surface area (Å²) in [6, 6.07) is 2.18. The van der Waals surface area contributed by atoms with Crippen LogP contribution in [0.2, 0.25) is 0 Å². The molecule has 0 fully saturated rings. The maximum absolute atomic E-state index is 5.91. The molecule has 0 amide bonds. The maximum Gasteiger partial charge on any atom is 0.147 e. The molecule has 0 unspecified atom stereocenters. The van der Waals surface area contributed by atoms with Gasteiger partial charge in [0.1, 0.15) is 17.0 Å². The molecular formula is C17H18N4OS. The summed E-state index contributed by atoms with van der Waals surface area (Å²) in [5, 5.41) is 4.35. The minimum atomic E-state index is -0.152. The topological polar surface area (TPSA) is 59.9 Å². The number of fused-ring (bicyclic) bond motifs is 4. The molecule has 0 atom stereocenters. The Bertz CT molecular complexity index is 916. The molecule has 0 aliphatic carbocycles. The number of nitrogens with zero attached hydrogens (tertiary/aromatic N) is 3. The van der Waals surface area contributed by atoms with Gasteiger partial charge in [-0.25, -0.2) is 15.0 Å². The van der Waals surface area contributed by atoms with Crippen molar-refractivity contribution in [2.24, 2.45) is 0 Å². The molecule has 118 valence electrons. The van der Waals surface area contributed by atoms with E-state index in [1.54, 1.807) is 17.7 Å². The molecule has 4 heterocycles. The van der Waals surface area contributed by atoms with Gasteiger partial charge in [-0.2, -0.15) is 0 Å². The molecule has 23 heavy (non-hydrogen) atoms. The van der Waals surface area contributed by atoms with Crippen LogP contribution in [0.4, 0.5) is 5.82 Å². The number of rotatable bonds is 3. The number of ether oxygens (including phenoxy) is 1. The van der Waals surface area contributed by atoms with Gasteiger partial charge < -0.3 is 10.1 Å². The van der Waals surface area contributed by atoms with Crippen molar-refractivity contribution in [2.45, 2.75) is 32.5 Å². The molecule has 0 saturated heterocycles. The van der Waals surface area contributed by atoms with Crippen LogP contribution in [0.3, 0.4) is 0 Å². The molecule has 6 heteroatoms. The van der Waals surface area contributed by atoms with Gasteiger partial charge in [-0.05, 0) is 19.9 Å². The summed E-state index contributed by atoms with van der Waals surface area (Å²) in [4.78, 5) is 14.7. The van der Waals surface area contributed by atoms with Crippen molar-refractivity contribution in [3.05, 3.63) is 36.3 Å². The van der Waals surface area contributed by atoms with Gasteiger partial charge >= 0.3 is 0 Å². The number of hydrogen-bond acceptors (Lipinski definition) is 6. The minimum absolute atomic E-state index is 0.152. The standard InChI is InChI=1S/C17H18N4OS/c1-4-5-18-15-14-13(19-9-20-15)11-6-10-8-22-17(2,3)7-12(10)21-16(11)23-14/h4,6,9H,1,5,7-8H2,2-3H3,(H,18,19,20). The Hall–Kier alpha value is -2.05. The van der Waals surface area contributed by atoms with E-state index in [0.29, 0.717) is 13.2 Å². The van der Waals surface area contributed by atoms with Gasteiger partial charge in [0.15, 0.2) is 0 Å². The van der Waals surface area contributed by atoms with E-state index < -0.39 is 0 Å². The van der Waals surface area contributed by atoms with Gasteiger partial charge in [-0.15, -0.1) is 17.9 Å². The molecule has 0 spiro atoms. The fourth-order valence-electron chi connectivity index (χ4n) is 2.88. The molecule has 0 radical (unpaired) electrons. The SMILES string of the molecule is C=CCNc1ncnc2c1sc1nc3c(cc12)COC(C)(C)C3. The van der Waals surface area contributed by atoms with E-state index in [2.05, 4.69) is 41.8 Å². The molecule has 3 aromatic heterocycles. The van der Waals surface area contributed by atoms with E-state index in [1.807, 2.05) is 6.08 Å². The van der Waals surface area contributed by atoms with Gasteiger partial charge in [0, 0.05) is 23.9 Å². The first-order valence-corrected chi connectivity index (χ1v) is 8.44. The van der Waals surface area contributed by atoms with E-state index in [1.165, 1.54) is 0 Å². The Kier molecular flexibility index (Phi) is 3.32. The van der Waals surface area contributed by atoms with Crippen molar-refractivity contribution in [1.29, 1.82) is 0 Å². The second-order valence-electron chi connectivity index (χ2n) is 6.34. The Morgan fingerprint density at radius 2 is 2.30 bits per heavy atom. The molecule has 0 saturated carbocycles. The third-order valence-electron chi connectivity index (χ3n) is 4.04. The van der Waals surface area contributed by atoms with Crippen LogP contribution in [0.1, 0.15) is 25.1 Å². The number of aromatic nitrogens is 3. The first-order chi connectivity index (χ1) is 11.1. The zero-order chi connectivity index (χ0) is 16.0. The summed E-state index contributed by atoms with van der Waals surface area (Å²) < 4.78 is 6.95. The Labute approximate surface area is 138 Å². The summed E-state index contributed by atoms with van der Waals surface area (Å²) in [6.07, 6.45) is 4.25. The highest BCUT2D eigenvalue weighted by Crippen LogP contribution is 2.37. The number of hydrogen-bond donors (Lipinski definition) is 1. The summed E-state index contributed by atoms with van der Waals surface area (Å²) >= 11 is 1.64. The van der Waals surface area contributed by atoms with Gasteiger partial charge in [0.2, 0.25) is 0 Å². The van der Waals surface area contributed by atoms with Gasteiger partial charge in [0.25, 0.3) is 0 Å². The molecule has 0 bridgehead atoms. The summed E-state index contributed by atoms with van der Waals surface area (Å²) in [5.41, 5.74) is 3.09. The number of anilines is 1. The van der Waals surface area contributed by atoms with Crippen LogP contribution in [0.5, 0.6) is 0 Å². The molecule has 1 N–H and O–H groups in total. The monoisotopic (exact) mass is 326 g/mol. The fourth-order valence-corrected chi connectivity index (χ4v) is 3.98. The highest BCUT2D eigenvalue weighted by atomic mass is 32.1. The Morgan fingerprint density at radius 3 is 3.13 bits per heavy atom. The molecular weight excluding hydrogens is 308 g/mol. The molecule has 5 nitrogen and oxygen atoms in total. The molecule has 1 aliphatic heterocycles. The van der Waals surface area contributed by atoms with Crippen LogP contribution in [-0.2, 0) is 17.8 Å². The molecule has 0 aromatic carbocycles. The predicted octanol–water partition coefficient (Wildman–Crippen LogP) is 3.69. The first kappa shape index (κ1) is 14.5. The third-order valence-corrected chi connectivity index (χ3v) is 5.13. The lowest BCUT2D eigenvalue weighted by atomic mass is 9.95. The van der Waals surface area contributed by atoms with Crippen molar-refractivity contribution >= 4 is 37.6 Å². The number of nitrogens with one attached hydrogen (secondary N) is 1. The second kappa shape index (κ2) is 5.25. The van der Waals surface area contributed by atoms with Gasteiger partial charge in [-0.3, -0.25) is 0 Å². The number of thiophene rings is 1. The van der Waals surface area contributed by atoms with E-state index in [4.69, 9.17) is 9.72 Å². The lowest BCUT2D eigenvalue weighted by molar-refractivity contribution is -0.0411. The zero-order valence-electron chi connectivity index (χ0n) is 13.2. The Morgan fingerprint density at radius 1 is 1.43 bits per heavy atom. The summed E-state index contributed by atoms with van der Waals surface area (Å²) in [7, 11) is 0. The third kappa shape index (κ3) is 2.48. The largest absolute Gasteiger partial charge is 0.370 e. The van der Waals surface area contributed by atoms with Crippen molar-refractivity contribution in [3.63, 3.8) is 0 Å². The quantitative estimate of drug-likeness (QED) is 0.744. The maximum atomic E-state index is 5.91. The van der Waals surface area contributed by atoms with Crippen LogP contribution in [0.25, 0.3) is 20.4 Å². The molecule has 3 aromatic rings. The van der Waals surface area contributed by atoms with Crippen molar-refractivity contribution < 1.29 is 4.74 Å². The summed E-state index contributed by atoms with van der Waals surface area (Å²) in [6.45, 7) is 9.23. The van der Waals surface area contributed by atoms with E-state index in [-0.39, 0.29) is 5.60 Å². The van der Waals surface area contributed by atoms with E-state index in [0.717, 1.165) is 43.9 Å². The number of pyridine rings is 1. The smallest absolute Gasteiger partial charge is 0.147 e. The van der Waals surface area contributed by atoms with Crippen molar-refractivity contribution in [3.8, 4) is 0 Å². The lowest BCUT2D eigenvalue weighted by Gasteiger charge is -2.30. The van der Waals surface area contributed by atoms with E-state index >= 15 is 0 Å². The lowest BCUT2D eigenvalue weighted by Crippen LogP contribution is -2.32. The highest BCUT2D eigenvalue weighted by molar-refractivity contribution is 7.25. The van der Waals surface area contributed by atoms with E-state index in [9.17, 15) is 0 Å². The van der Waals surface area contributed by atoms with Gasteiger partial charge in [0.05, 0.1) is 28.1 Å².